The fraction of sp³-hybridized carbons (Fsp3) is 0.548. The molecule has 12 nitrogen and oxygen atoms in total. The van der Waals surface area contributed by atoms with E-state index in [2.05, 4.69) is 65.7 Å². The van der Waals surface area contributed by atoms with Crippen molar-refractivity contribution >= 4 is 17.4 Å². The molecule has 0 amide bonds. The fourth-order valence-corrected chi connectivity index (χ4v) is 6.61. The van der Waals surface area contributed by atoms with Crippen molar-refractivity contribution in [3.8, 4) is 6.07 Å². The summed E-state index contributed by atoms with van der Waals surface area (Å²) in [5, 5.41) is 30.3. The third kappa shape index (κ3) is 6.88. The second-order valence-corrected chi connectivity index (χ2v) is 12.0. The molecule has 2 saturated heterocycles. The van der Waals surface area contributed by atoms with Crippen molar-refractivity contribution in [2.75, 3.05) is 26.2 Å². The van der Waals surface area contributed by atoms with Crippen LogP contribution in [0.5, 0.6) is 0 Å². The van der Waals surface area contributed by atoms with Gasteiger partial charge in [-0.25, -0.2) is 15.1 Å². The standard InChI is InChI=1S/C31H39N11O/c1-2-24-18-25-19-33-38-31(43)28(25)29(35-30(24)42-15-10-21(7-12-32)11-16-42)34-26-5-3-23(4-6-26)20-41-13-8-22(9-14-41)17-27-36-39-40-37-27/h3-6,19,21-22,24H,2,7-11,13-18,20H2,1H3,(H,38,43)(H,36,37,39,40). The highest BCUT2D eigenvalue weighted by Crippen LogP contribution is 2.28. The molecule has 2 N–H and O–H groups in total. The summed E-state index contributed by atoms with van der Waals surface area (Å²) in [6.07, 6.45) is 9.03. The third-order valence-electron chi connectivity index (χ3n) is 9.17. The van der Waals surface area contributed by atoms with Gasteiger partial charge in [0.2, 0.25) is 0 Å². The molecule has 1 aromatic carbocycles. The first-order valence-corrected chi connectivity index (χ1v) is 15.5. The molecular formula is C31H39N11O. The van der Waals surface area contributed by atoms with Crippen LogP contribution in [0.1, 0.15) is 68.0 Å². The van der Waals surface area contributed by atoms with Crippen molar-refractivity contribution in [2.45, 2.75) is 64.8 Å². The zero-order valence-corrected chi connectivity index (χ0v) is 24.7. The van der Waals surface area contributed by atoms with Crippen LogP contribution in [0.2, 0.25) is 0 Å². The van der Waals surface area contributed by atoms with Crippen molar-refractivity contribution in [3.63, 3.8) is 0 Å². The molecule has 1 atom stereocenters. The lowest BCUT2D eigenvalue weighted by Crippen LogP contribution is -2.42. The molecule has 6 rings (SSSR count). The predicted octanol–water partition coefficient (Wildman–Crippen LogP) is 3.42. The molecule has 3 aliphatic heterocycles. The second-order valence-electron chi connectivity index (χ2n) is 12.0. The van der Waals surface area contributed by atoms with Crippen molar-refractivity contribution in [1.29, 1.82) is 5.26 Å². The number of benzene rings is 1. The largest absolute Gasteiger partial charge is 0.360 e. The normalized spacial score (nSPS) is 21.3. The lowest BCUT2D eigenvalue weighted by atomic mass is 9.91. The average molecular weight is 582 g/mol. The van der Waals surface area contributed by atoms with Crippen LogP contribution in [-0.2, 0) is 19.4 Å². The Balaban J connectivity index is 1.19. The molecule has 43 heavy (non-hydrogen) atoms. The molecule has 224 valence electrons. The number of aromatic nitrogens is 6. The van der Waals surface area contributed by atoms with E-state index in [-0.39, 0.29) is 11.5 Å². The zero-order valence-electron chi connectivity index (χ0n) is 24.7. The van der Waals surface area contributed by atoms with Gasteiger partial charge < -0.3 is 4.90 Å². The summed E-state index contributed by atoms with van der Waals surface area (Å²) in [6.45, 7) is 6.88. The van der Waals surface area contributed by atoms with Gasteiger partial charge in [-0.3, -0.25) is 9.69 Å². The summed E-state index contributed by atoms with van der Waals surface area (Å²) in [7, 11) is 0. The first kappa shape index (κ1) is 28.9. The van der Waals surface area contributed by atoms with Gasteiger partial charge in [0.15, 0.2) is 11.7 Å². The first-order chi connectivity index (χ1) is 21.1. The number of aromatic amines is 2. The zero-order chi connectivity index (χ0) is 29.6. The van der Waals surface area contributed by atoms with Crippen molar-refractivity contribution < 1.29 is 0 Å². The molecule has 5 heterocycles. The number of nitrogens with zero attached hydrogens (tertiary/aromatic N) is 9. The van der Waals surface area contributed by atoms with Gasteiger partial charge in [0, 0.05) is 38.4 Å². The van der Waals surface area contributed by atoms with E-state index in [1.807, 2.05) is 12.1 Å². The number of tetrazole rings is 1. The number of piperidine rings is 2. The molecule has 3 aliphatic rings. The van der Waals surface area contributed by atoms with E-state index < -0.39 is 0 Å². The number of fused-ring (bicyclic) bond motifs is 1. The predicted molar refractivity (Wildman–Crippen MR) is 163 cm³/mol. The molecule has 0 saturated carbocycles. The monoisotopic (exact) mass is 581 g/mol. The van der Waals surface area contributed by atoms with Crippen molar-refractivity contribution in [3.05, 3.63) is 63.3 Å². The number of nitrogens with one attached hydrogen (secondary N) is 2. The maximum atomic E-state index is 13.1. The molecule has 0 bridgehead atoms. The van der Waals surface area contributed by atoms with E-state index in [0.29, 0.717) is 36.1 Å². The Hall–Kier alpha value is -4.24. The second kappa shape index (κ2) is 13.4. The Kier molecular flexibility index (Phi) is 8.98. The van der Waals surface area contributed by atoms with Crippen LogP contribution in [-0.4, -0.2) is 78.5 Å². The van der Waals surface area contributed by atoms with Gasteiger partial charge in [0.05, 0.1) is 23.5 Å². The van der Waals surface area contributed by atoms with Crippen LogP contribution < -0.4 is 5.56 Å². The molecule has 0 aliphatic carbocycles. The number of H-pyrrole nitrogens is 2. The summed E-state index contributed by atoms with van der Waals surface area (Å²) < 4.78 is 0. The summed E-state index contributed by atoms with van der Waals surface area (Å²) in [6, 6.07) is 10.6. The summed E-state index contributed by atoms with van der Waals surface area (Å²) in [5.74, 6) is 3.43. The third-order valence-corrected chi connectivity index (χ3v) is 9.17. The smallest absolute Gasteiger partial charge is 0.275 e. The lowest BCUT2D eigenvalue weighted by molar-refractivity contribution is 0.176. The maximum Gasteiger partial charge on any atom is 0.275 e. The van der Waals surface area contributed by atoms with Crippen LogP contribution in [0.4, 0.5) is 5.69 Å². The van der Waals surface area contributed by atoms with E-state index in [1.165, 1.54) is 5.56 Å². The van der Waals surface area contributed by atoms with Gasteiger partial charge in [-0.15, -0.1) is 10.2 Å². The van der Waals surface area contributed by atoms with E-state index in [0.717, 1.165) is 94.2 Å². The molecule has 0 spiro atoms. The summed E-state index contributed by atoms with van der Waals surface area (Å²) in [5.41, 5.74) is 3.13. The van der Waals surface area contributed by atoms with Gasteiger partial charge in [0.1, 0.15) is 5.84 Å². The van der Waals surface area contributed by atoms with Gasteiger partial charge in [0.25, 0.3) is 5.56 Å². The number of hydrogen-bond donors (Lipinski definition) is 2. The lowest BCUT2D eigenvalue weighted by Gasteiger charge is -2.35. The van der Waals surface area contributed by atoms with Crippen LogP contribution in [0.15, 0.2) is 45.2 Å². The minimum atomic E-state index is -0.261. The number of hydrogen-bond acceptors (Lipinski definition) is 9. The van der Waals surface area contributed by atoms with E-state index in [9.17, 15) is 4.79 Å². The van der Waals surface area contributed by atoms with E-state index in [4.69, 9.17) is 15.2 Å². The van der Waals surface area contributed by atoms with Crippen LogP contribution in [0.25, 0.3) is 0 Å². The van der Waals surface area contributed by atoms with Crippen LogP contribution >= 0.6 is 0 Å². The van der Waals surface area contributed by atoms with Gasteiger partial charge in [-0.1, -0.05) is 24.3 Å². The number of amidine groups is 2. The Morgan fingerprint density at radius 2 is 1.84 bits per heavy atom. The van der Waals surface area contributed by atoms with Crippen LogP contribution in [0.3, 0.4) is 0 Å². The molecule has 12 heteroatoms. The highest BCUT2D eigenvalue weighted by Gasteiger charge is 2.31. The van der Waals surface area contributed by atoms with Crippen LogP contribution in [0, 0.1) is 29.1 Å². The Morgan fingerprint density at radius 1 is 1.07 bits per heavy atom. The number of aliphatic imine (C=N–C) groups is 2. The number of nitriles is 1. The molecule has 1 unspecified atom stereocenters. The summed E-state index contributed by atoms with van der Waals surface area (Å²) in [4.78, 5) is 28.0. The quantitative estimate of drug-likeness (QED) is 0.430. The van der Waals surface area contributed by atoms with Gasteiger partial charge >= 0.3 is 0 Å². The highest BCUT2D eigenvalue weighted by molar-refractivity contribution is 6.09. The molecular weight excluding hydrogens is 542 g/mol. The van der Waals surface area contributed by atoms with Crippen molar-refractivity contribution in [2.24, 2.45) is 27.7 Å². The SMILES string of the molecule is CCC1Cc2cn[nH]c(=O)c2C(=Nc2ccc(CN3CCC(Cc4nn[nH]n4)CC3)cc2)N=C1N1CCC(CC#N)CC1. The summed E-state index contributed by atoms with van der Waals surface area (Å²) >= 11 is 0. The van der Waals surface area contributed by atoms with Crippen molar-refractivity contribution in [1.82, 2.24) is 40.6 Å². The molecule has 0 radical (unpaired) electrons. The molecule has 3 aromatic rings. The first-order valence-electron chi connectivity index (χ1n) is 15.5. The number of likely N-dealkylation sites (tertiary alicyclic amines) is 2. The van der Waals surface area contributed by atoms with Gasteiger partial charge in [-0.05, 0) is 86.7 Å². The Bertz CT molecular complexity index is 1520. The minimum absolute atomic E-state index is 0.168. The molecule has 2 fully saturated rings. The average Bonchev–Trinajstić information content (AvgIpc) is 3.48. The Labute approximate surface area is 251 Å². The molecule has 2 aromatic heterocycles. The van der Waals surface area contributed by atoms with Gasteiger partial charge in [-0.2, -0.15) is 15.6 Å². The Morgan fingerprint density at radius 3 is 2.53 bits per heavy atom. The fourth-order valence-electron chi connectivity index (χ4n) is 6.61. The topological polar surface area (TPSA) is 155 Å². The highest BCUT2D eigenvalue weighted by atomic mass is 16.1. The van der Waals surface area contributed by atoms with E-state index >= 15 is 0 Å². The van der Waals surface area contributed by atoms with E-state index in [1.54, 1.807) is 6.20 Å². The maximum absolute atomic E-state index is 13.1. The minimum Gasteiger partial charge on any atom is -0.360 e. The number of rotatable bonds is 7.